The van der Waals surface area contributed by atoms with Crippen LogP contribution >= 0.6 is 27.5 Å². The van der Waals surface area contributed by atoms with E-state index >= 15 is 0 Å². The average Bonchev–Trinajstić information content (AvgIpc) is 3.27. The number of hydrogen-bond donors (Lipinski definition) is 1. The van der Waals surface area contributed by atoms with Crippen molar-refractivity contribution in [3.05, 3.63) is 75.9 Å². The molecule has 0 unspecified atom stereocenters. The maximum atomic E-state index is 12.7. The van der Waals surface area contributed by atoms with Crippen molar-refractivity contribution in [2.75, 3.05) is 18.0 Å². The van der Waals surface area contributed by atoms with Gasteiger partial charge in [0.2, 0.25) is 0 Å². The molecule has 35 heavy (non-hydrogen) atoms. The maximum Gasteiger partial charge on any atom is 0.271 e. The van der Waals surface area contributed by atoms with Gasteiger partial charge in [-0.05, 0) is 66.0 Å². The predicted molar refractivity (Wildman–Crippen MR) is 137 cm³/mol. The van der Waals surface area contributed by atoms with Crippen LogP contribution in [-0.4, -0.2) is 44.1 Å². The van der Waals surface area contributed by atoms with Crippen molar-refractivity contribution in [1.82, 2.24) is 24.9 Å². The van der Waals surface area contributed by atoms with E-state index in [-0.39, 0.29) is 17.1 Å². The van der Waals surface area contributed by atoms with Crippen LogP contribution in [0.4, 0.5) is 5.82 Å². The molecular weight excluding hydrogens is 530 g/mol. The van der Waals surface area contributed by atoms with E-state index in [0.717, 1.165) is 52.9 Å². The van der Waals surface area contributed by atoms with E-state index in [0.29, 0.717) is 10.6 Å². The first-order valence-electron chi connectivity index (χ1n) is 11.1. The predicted octanol–water partition coefficient (Wildman–Crippen LogP) is 4.87. The van der Waals surface area contributed by atoms with E-state index in [1.165, 1.54) is 0 Å². The molecule has 0 atom stereocenters. The Morgan fingerprint density at radius 3 is 2.71 bits per heavy atom. The largest absolute Gasteiger partial charge is 0.356 e. The van der Waals surface area contributed by atoms with Gasteiger partial charge in [-0.3, -0.25) is 4.79 Å². The van der Waals surface area contributed by atoms with Crippen molar-refractivity contribution >= 4 is 44.8 Å². The number of fused-ring (bicyclic) bond motifs is 1. The van der Waals surface area contributed by atoms with Crippen LogP contribution in [-0.2, 0) is 0 Å². The van der Waals surface area contributed by atoms with Crippen molar-refractivity contribution in [1.29, 1.82) is 5.26 Å². The first-order chi connectivity index (χ1) is 16.9. The smallest absolute Gasteiger partial charge is 0.271 e. The Kier molecular flexibility index (Phi) is 6.17. The van der Waals surface area contributed by atoms with Gasteiger partial charge in [-0.15, -0.1) is 0 Å². The Morgan fingerprint density at radius 2 is 2.03 bits per heavy atom. The zero-order valence-electron chi connectivity index (χ0n) is 18.9. The standard InChI is InChI=1S/C25H21BrClN7O/c1-25(32-24(35)22-20(27)3-2-8-29-22)6-9-33(10-7-25)21-5-4-16(13-30-21)19-11-18(26)15-34-23(19)17(12-28)14-31-34/h2-5,8,11,13-15H,6-7,9-10H2,1H3,(H,32,35). The lowest BCUT2D eigenvalue weighted by Crippen LogP contribution is -2.53. The third-order valence-electron chi connectivity index (χ3n) is 6.34. The molecule has 1 saturated heterocycles. The van der Waals surface area contributed by atoms with Gasteiger partial charge in [0.15, 0.2) is 0 Å². The number of carbonyl (C=O) groups excluding carboxylic acids is 1. The zero-order chi connectivity index (χ0) is 24.6. The molecule has 176 valence electrons. The van der Waals surface area contributed by atoms with E-state index in [1.807, 2.05) is 37.5 Å². The molecule has 1 aliphatic rings. The highest BCUT2D eigenvalue weighted by molar-refractivity contribution is 9.10. The van der Waals surface area contributed by atoms with Crippen LogP contribution in [0.15, 0.2) is 59.6 Å². The minimum Gasteiger partial charge on any atom is -0.356 e. The normalized spacial score (nSPS) is 15.1. The van der Waals surface area contributed by atoms with Gasteiger partial charge < -0.3 is 10.2 Å². The summed E-state index contributed by atoms with van der Waals surface area (Å²) in [4.78, 5) is 23.7. The molecule has 4 aromatic rings. The van der Waals surface area contributed by atoms with E-state index in [4.69, 9.17) is 16.6 Å². The highest BCUT2D eigenvalue weighted by Gasteiger charge is 2.33. The summed E-state index contributed by atoms with van der Waals surface area (Å²) in [5, 5.41) is 17.2. The Labute approximate surface area is 215 Å². The number of nitrogens with one attached hydrogen (secondary N) is 1. The van der Waals surface area contributed by atoms with Crippen molar-refractivity contribution < 1.29 is 4.79 Å². The van der Waals surface area contributed by atoms with Crippen LogP contribution in [0.2, 0.25) is 5.02 Å². The Balaban J connectivity index is 1.30. The summed E-state index contributed by atoms with van der Waals surface area (Å²) < 4.78 is 2.56. The number of halogens is 2. The summed E-state index contributed by atoms with van der Waals surface area (Å²) in [6, 6.07) is 11.5. The first kappa shape index (κ1) is 23.3. The van der Waals surface area contributed by atoms with Gasteiger partial charge in [0.25, 0.3) is 5.91 Å². The van der Waals surface area contributed by atoms with Crippen molar-refractivity contribution in [2.45, 2.75) is 25.3 Å². The molecule has 5 rings (SSSR count). The molecule has 0 aromatic carbocycles. The lowest BCUT2D eigenvalue weighted by atomic mass is 9.89. The highest BCUT2D eigenvalue weighted by Crippen LogP contribution is 2.31. The molecule has 0 spiro atoms. The van der Waals surface area contributed by atoms with Crippen LogP contribution in [0.25, 0.3) is 16.6 Å². The second-order valence-electron chi connectivity index (χ2n) is 8.78. The van der Waals surface area contributed by atoms with E-state index < -0.39 is 0 Å². The number of carbonyl (C=O) groups is 1. The summed E-state index contributed by atoms with van der Waals surface area (Å²) in [7, 11) is 0. The molecule has 4 aromatic heterocycles. The molecule has 1 N–H and O–H groups in total. The van der Waals surface area contributed by atoms with Crippen LogP contribution in [0.1, 0.15) is 35.8 Å². The van der Waals surface area contributed by atoms with Crippen molar-refractivity contribution in [3.8, 4) is 17.2 Å². The van der Waals surface area contributed by atoms with E-state index in [2.05, 4.69) is 42.3 Å². The van der Waals surface area contributed by atoms with E-state index in [9.17, 15) is 10.1 Å². The molecule has 0 radical (unpaired) electrons. The molecule has 0 saturated carbocycles. The number of hydrogen-bond acceptors (Lipinski definition) is 6. The monoisotopic (exact) mass is 549 g/mol. The first-order valence-corrected chi connectivity index (χ1v) is 12.3. The van der Waals surface area contributed by atoms with E-state index in [1.54, 1.807) is 29.0 Å². The number of piperidine rings is 1. The number of rotatable bonds is 4. The van der Waals surface area contributed by atoms with Gasteiger partial charge in [0.1, 0.15) is 17.6 Å². The summed E-state index contributed by atoms with van der Waals surface area (Å²) in [6.45, 7) is 3.55. The van der Waals surface area contributed by atoms with Gasteiger partial charge in [-0.25, -0.2) is 14.5 Å². The Bertz CT molecular complexity index is 1450. The number of aromatic nitrogens is 4. The van der Waals surface area contributed by atoms with Gasteiger partial charge >= 0.3 is 0 Å². The second-order valence-corrected chi connectivity index (χ2v) is 10.1. The van der Waals surface area contributed by atoms with Crippen molar-refractivity contribution in [3.63, 3.8) is 0 Å². The zero-order valence-corrected chi connectivity index (χ0v) is 21.2. The summed E-state index contributed by atoms with van der Waals surface area (Å²) in [5.74, 6) is 0.612. The summed E-state index contributed by atoms with van der Waals surface area (Å²) in [6.07, 6.45) is 8.31. The number of anilines is 1. The van der Waals surface area contributed by atoms with Gasteiger partial charge in [-0.1, -0.05) is 11.6 Å². The third-order valence-corrected chi connectivity index (χ3v) is 7.08. The minimum atomic E-state index is -0.355. The number of nitrogens with zero attached hydrogens (tertiary/aromatic N) is 6. The molecular formula is C25H21BrClN7O. The molecule has 10 heteroatoms. The van der Waals surface area contributed by atoms with Gasteiger partial charge in [-0.2, -0.15) is 10.4 Å². The van der Waals surface area contributed by atoms with Crippen LogP contribution in [0.3, 0.4) is 0 Å². The fraction of sp³-hybridized carbons (Fsp3) is 0.240. The minimum absolute atomic E-state index is 0.245. The molecule has 1 amide bonds. The lowest BCUT2D eigenvalue weighted by molar-refractivity contribution is 0.0886. The molecule has 1 aliphatic heterocycles. The highest BCUT2D eigenvalue weighted by atomic mass is 79.9. The number of pyridine rings is 3. The third kappa shape index (κ3) is 4.59. The van der Waals surface area contributed by atoms with Crippen LogP contribution in [0, 0.1) is 11.3 Å². The SMILES string of the molecule is CC1(NC(=O)c2ncccc2Cl)CCN(c2ccc(-c3cc(Br)cn4ncc(C#N)c34)cn2)CC1. The fourth-order valence-corrected chi connectivity index (χ4v) is 4.99. The molecule has 5 heterocycles. The second kappa shape index (κ2) is 9.29. The number of nitriles is 1. The average molecular weight is 551 g/mol. The Morgan fingerprint density at radius 1 is 1.23 bits per heavy atom. The topological polar surface area (TPSA) is 99.2 Å². The van der Waals surface area contributed by atoms with Crippen LogP contribution < -0.4 is 10.2 Å². The Hall–Kier alpha value is -3.48. The molecule has 1 fully saturated rings. The molecule has 0 aliphatic carbocycles. The van der Waals surface area contributed by atoms with Gasteiger partial charge in [0, 0.05) is 52.8 Å². The lowest BCUT2D eigenvalue weighted by Gasteiger charge is -2.40. The van der Waals surface area contributed by atoms with Gasteiger partial charge in [0.05, 0.1) is 22.3 Å². The number of amides is 1. The summed E-state index contributed by atoms with van der Waals surface area (Å²) in [5.41, 5.74) is 2.94. The quantitative estimate of drug-likeness (QED) is 0.389. The van der Waals surface area contributed by atoms with Crippen LogP contribution in [0.5, 0.6) is 0 Å². The fourth-order valence-electron chi connectivity index (χ4n) is 4.36. The molecule has 8 nitrogen and oxygen atoms in total. The maximum absolute atomic E-state index is 12.7. The summed E-state index contributed by atoms with van der Waals surface area (Å²) >= 11 is 9.65. The molecule has 0 bridgehead atoms. The van der Waals surface area contributed by atoms with Crippen molar-refractivity contribution in [2.24, 2.45) is 0 Å².